The molecule has 0 aromatic heterocycles. The van der Waals surface area contributed by atoms with Crippen LogP contribution in [0.4, 0.5) is 12.9 Å². The number of benzene rings is 2. The van der Waals surface area contributed by atoms with Gasteiger partial charge < -0.3 is 0 Å². The monoisotopic (exact) mass is 328 g/mol. The summed E-state index contributed by atoms with van der Waals surface area (Å²) in [4.78, 5) is 0. The Labute approximate surface area is 154 Å². The van der Waals surface area contributed by atoms with Gasteiger partial charge in [0, 0.05) is 0 Å². The molecule has 2 rings (SSSR count). The number of hydrogen-bond donors (Lipinski definition) is 0. The number of rotatable bonds is 3. The van der Waals surface area contributed by atoms with Gasteiger partial charge in [0.2, 0.25) is 0 Å². The van der Waals surface area contributed by atoms with Crippen LogP contribution >= 0.6 is 11.6 Å². The zero-order valence-corrected chi connectivity index (χ0v) is 14.9. The molecule has 0 bridgehead atoms. The van der Waals surface area contributed by atoms with Crippen LogP contribution in [-0.4, -0.2) is 70.4 Å². The molecule has 0 saturated heterocycles. The maximum Gasteiger partial charge on any atom is 0.762 e. The van der Waals surface area contributed by atoms with Crippen molar-refractivity contribution in [2.75, 3.05) is 13.9 Å². The van der Waals surface area contributed by atoms with Gasteiger partial charge in [0.25, 0.3) is 0 Å². The summed E-state index contributed by atoms with van der Waals surface area (Å²) < 4.78 is 40.6. The molecule has 2 aromatic carbocycles. The van der Waals surface area contributed by atoms with E-state index in [1.165, 1.54) is -0.342 Å². The van der Waals surface area contributed by atoms with Gasteiger partial charge in [-0.3, -0.25) is 12.9 Å². The van der Waals surface area contributed by atoms with Crippen molar-refractivity contribution in [3.8, 4) is 5.75 Å². The van der Waals surface area contributed by atoms with E-state index < -0.39 is 7.54 Å². The largest absolute Gasteiger partial charge is 0.762 e. The quantitative estimate of drug-likeness (QED) is 0.636. The summed E-state index contributed by atoms with van der Waals surface area (Å²) in [5, 5.41) is 3.11. The molecule has 0 aliphatic rings. The molecule has 0 aliphatic carbocycles. The van der Waals surface area contributed by atoms with Crippen molar-refractivity contribution in [1.82, 2.24) is 0 Å². The van der Waals surface area contributed by atoms with Gasteiger partial charge in [0.15, 0.2) is 0 Å². The maximum absolute atomic E-state index is 9.67. The van der Waals surface area contributed by atoms with E-state index in [9.17, 15) is 12.9 Å². The van der Waals surface area contributed by atoms with E-state index in [1.54, 1.807) is 7.11 Å². The van der Waals surface area contributed by atoms with Gasteiger partial charge in [0.05, 0.1) is 0 Å². The molecule has 0 fully saturated rings. The van der Waals surface area contributed by atoms with E-state index in [0.717, 1.165) is 21.5 Å². The van der Waals surface area contributed by atoms with Crippen molar-refractivity contribution in [3.05, 3.63) is 35.4 Å². The van der Waals surface area contributed by atoms with Crippen LogP contribution < -0.4 is 4.39 Å². The zero-order valence-electron chi connectivity index (χ0n) is 11.0. The number of halogens is 4. The van der Waals surface area contributed by atoms with Crippen LogP contribution in [0, 0.1) is 0 Å². The minimum Gasteiger partial charge on any atom is -0.254 e. The molecule has 8 heteroatoms. The van der Waals surface area contributed by atoms with Crippen molar-refractivity contribution < 1.29 is 22.4 Å². The minimum atomic E-state index is -3.67. The summed E-state index contributed by atoms with van der Waals surface area (Å²) in [6, 6.07) is 9.98. The SMILES string of the molecule is COCOc1c[c]([K])c2c(Cl)cccc2c1.FB(F)F. The molecule has 0 unspecified atom stereocenters. The van der Waals surface area contributed by atoms with Crippen LogP contribution in [0.2, 0.25) is 5.02 Å². The van der Waals surface area contributed by atoms with E-state index >= 15 is 0 Å². The summed E-state index contributed by atoms with van der Waals surface area (Å²) in [7, 11) is -2.05. The van der Waals surface area contributed by atoms with Crippen molar-refractivity contribution in [2.24, 2.45) is 0 Å². The topological polar surface area (TPSA) is 18.5 Å². The second kappa shape index (κ2) is 9.30. The summed E-state index contributed by atoms with van der Waals surface area (Å²) >= 11 is 6.74. The number of fused-ring (bicyclic) bond motifs is 1. The third kappa shape index (κ3) is 5.93. The summed E-state index contributed by atoms with van der Waals surface area (Å²) in [5.41, 5.74) is 0. The number of ether oxygens (including phenoxy) is 2. The fourth-order valence-corrected chi connectivity index (χ4v) is 3.66. The summed E-state index contributed by atoms with van der Waals surface area (Å²) in [6.45, 7) is 0.276. The maximum atomic E-state index is 9.67. The molecule has 0 atom stereocenters. The average Bonchev–Trinajstić information content (AvgIpc) is 2.35. The van der Waals surface area contributed by atoms with Gasteiger partial charge in [0.1, 0.15) is 0 Å². The zero-order chi connectivity index (χ0) is 15.1. The van der Waals surface area contributed by atoms with Gasteiger partial charge in [-0.05, 0) is 0 Å². The first-order valence-corrected chi connectivity index (χ1v) is 7.62. The minimum absolute atomic E-state index is 0.276. The molecule has 0 N–H and O–H groups in total. The Bertz CT molecular complexity index is 569. The molecular formula is C12H10BClF3KO2. The molecule has 0 amide bonds. The molecule has 0 spiro atoms. The standard InChI is InChI=1S/C12H10ClO2.BF3.K/c1-14-8-15-10-5-6-11-9(7-10)3-2-4-12(11)13;2-1(3)4;/h2-5,7H,8H2,1H3;;. The van der Waals surface area contributed by atoms with Gasteiger partial charge in [-0.15, -0.1) is 0 Å². The van der Waals surface area contributed by atoms with Crippen LogP contribution in [0.1, 0.15) is 0 Å². The van der Waals surface area contributed by atoms with Gasteiger partial charge in [-0.2, -0.15) is 0 Å². The van der Waals surface area contributed by atoms with Gasteiger partial charge in [-0.1, -0.05) is 0 Å². The Hall–Kier alpha value is 0.241. The Morgan fingerprint density at radius 3 is 2.50 bits per heavy atom. The average molecular weight is 329 g/mol. The molecule has 0 heterocycles. The molecular weight excluding hydrogens is 318 g/mol. The second-order valence-corrected chi connectivity index (χ2v) is 5.97. The van der Waals surface area contributed by atoms with E-state index in [2.05, 4.69) is 6.07 Å². The fourth-order valence-electron chi connectivity index (χ4n) is 1.77. The number of methoxy groups -OCH3 is 1. The van der Waals surface area contributed by atoms with Crippen LogP contribution in [-0.2, 0) is 4.74 Å². The van der Waals surface area contributed by atoms with E-state index in [1.807, 2.05) is 24.3 Å². The van der Waals surface area contributed by atoms with Crippen molar-refractivity contribution in [2.45, 2.75) is 0 Å². The first-order chi connectivity index (χ1) is 9.45. The van der Waals surface area contributed by atoms with E-state index in [-0.39, 0.29) is 6.79 Å². The van der Waals surface area contributed by atoms with Crippen molar-refractivity contribution in [1.29, 1.82) is 0 Å². The van der Waals surface area contributed by atoms with Crippen LogP contribution in [0.15, 0.2) is 30.3 Å². The molecule has 0 radical (unpaired) electrons. The predicted molar refractivity (Wildman–Crippen MR) is 75.9 cm³/mol. The first kappa shape index (κ1) is 18.3. The molecule has 2 aromatic rings. The Morgan fingerprint density at radius 2 is 1.90 bits per heavy atom. The van der Waals surface area contributed by atoms with Crippen LogP contribution in [0.25, 0.3) is 10.8 Å². The van der Waals surface area contributed by atoms with Crippen molar-refractivity contribution in [3.63, 3.8) is 0 Å². The summed E-state index contributed by atoms with van der Waals surface area (Å²) in [5.74, 6) is 0.847. The third-order valence-electron chi connectivity index (χ3n) is 2.44. The Balaban J connectivity index is 0.000000444. The van der Waals surface area contributed by atoms with Gasteiger partial charge >= 0.3 is 143 Å². The van der Waals surface area contributed by atoms with E-state index in [0.29, 0.717) is 49.0 Å². The fraction of sp³-hybridized carbons (Fsp3) is 0.167. The third-order valence-corrected chi connectivity index (χ3v) is 3.99. The van der Waals surface area contributed by atoms with Gasteiger partial charge in [-0.25, -0.2) is 0 Å². The predicted octanol–water partition coefficient (Wildman–Crippen LogP) is 3.15. The molecule has 20 heavy (non-hydrogen) atoms. The Morgan fingerprint density at radius 1 is 1.25 bits per heavy atom. The van der Waals surface area contributed by atoms with Crippen LogP contribution in [0.5, 0.6) is 5.75 Å². The normalized spacial score (nSPS) is 9.95. The van der Waals surface area contributed by atoms with Crippen molar-refractivity contribution >= 4 is 78.5 Å². The van der Waals surface area contributed by atoms with E-state index in [4.69, 9.17) is 21.1 Å². The number of hydrogen-bond acceptors (Lipinski definition) is 2. The molecule has 0 aliphatic heterocycles. The second-order valence-electron chi connectivity index (χ2n) is 3.88. The first-order valence-electron chi connectivity index (χ1n) is 5.68. The molecule has 2 nitrogen and oxygen atoms in total. The molecule has 102 valence electrons. The summed E-state index contributed by atoms with van der Waals surface area (Å²) in [6.07, 6.45) is 0. The van der Waals surface area contributed by atoms with Crippen LogP contribution in [0.3, 0.4) is 0 Å². The Kier molecular flexibility index (Phi) is 8.50. The smallest absolute Gasteiger partial charge is 0.254 e. The molecule has 0 saturated carbocycles.